The van der Waals surface area contributed by atoms with E-state index in [4.69, 9.17) is 4.74 Å². The number of anilines is 1. The number of nitrogens with one attached hydrogen (secondary N) is 1. The van der Waals surface area contributed by atoms with Gasteiger partial charge in [0.15, 0.2) is 0 Å². The number of methoxy groups -OCH3 is 1. The Morgan fingerprint density at radius 1 is 1.00 bits per heavy atom. The second-order valence-electron chi connectivity index (χ2n) is 7.39. The molecule has 3 rings (SSSR count). The van der Waals surface area contributed by atoms with Gasteiger partial charge in [-0.3, -0.25) is 4.79 Å². The summed E-state index contributed by atoms with van der Waals surface area (Å²) in [5.74, 6) is 0.916. The van der Waals surface area contributed by atoms with E-state index in [9.17, 15) is 9.59 Å². The molecule has 1 fully saturated rings. The van der Waals surface area contributed by atoms with Crippen molar-refractivity contribution in [2.24, 2.45) is 0 Å². The van der Waals surface area contributed by atoms with Crippen LogP contribution in [0.4, 0.5) is 10.5 Å². The van der Waals surface area contributed by atoms with Crippen LogP contribution in [0.15, 0.2) is 54.6 Å². The number of urea groups is 1. The van der Waals surface area contributed by atoms with Crippen LogP contribution in [-0.2, 0) is 11.3 Å². The van der Waals surface area contributed by atoms with Gasteiger partial charge in [0.2, 0.25) is 5.91 Å². The third-order valence-electron chi connectivity index (χ3n) is 5.29. The largest absolute Gasteiger partial charge is 0.497 e. The summed E-state index contributed by atoms with van der Waals surface area (Å²) < 4.78 is 5.20. The first kappa shape index (κ1) is 21.5. The van der Waals surface area contributed by atoms with E-state index in [-0.39, 0.29) is 11.9 Å². The molecular formula is C23H30N4O3. The van der Waals surface area contributed by atoms with Crippen molar-refractivity contribution in [2.75, 3.05) is 51.8 Å². The number of hydrogen-bond acceptors (Lipinski definition) is 4. The van der Waals surface area contributed by atoms with Gasteiger partial charge in [-0.25, -0.2) is 4.79 Å². The molecule has 0 bridgehead atoms. The minimum absolute atomic E-state index is 0.0791. The predicted octanol–water partition coefficient (Wildman–Crippen LogP) is 2.58. The number of carbonyl (C=O) groups excluding carboxylic acids is 2. The molecule has 1 aliphatic heterocycles. The van der Waals surface area contributed by atoms with Gasteiger partial charge in [0.05, 0.1) is 7.11 Å². The fourth-order valence-electron chi connectivity index (χ4n) is 3.51. The molecule has 0 aromatic heterocycles. The second-order valence-corrected chi connectivity index (χ2v) is 7.39. The quantitative estimate of drug-likeness (QED) is 0.762. The van der Waals surface area contributed by atoms with E-state index in [1.807, 2.05) is 59.5 Å². The van der Waals surface area contributed by atoms with Crippen molar-refractivity contribution in [3.8, 4) is 5.75 Å². The number of piperazine rings is 1. The zero-order chi connectivity index (χ0) is 21.3. The molecule has 0 saturated carbocycles. The van der Waals surface area contributed by atoms with Gasteiger partial charge < -0.3 is 24.8 Å². The highest BCUT2D eigenvalue weighted by atomic mass is 16.5. The van der Waals surface area contributed by atoms with Crippen molar-refractivity contribution in [2.45, 2.75) is 13.0 Å². The minimum atomic E-state index is -0.170. The van der Waals surface area contributed by atoms with Gasteiger partial charge in [-0.05, 0) is 29.8 Å². The number of nitrogens with zero attached hydrogens (tertiary/aromatic N) is 3. The van der Waals surface area contributed by atoms with Crippen LogP contribution < -0.4 is 15.0 Å². The molecule has 1 aliphatic rings. The van der Waals surface area contributed by atoms with Gasteiger partial charge in [0, 0.05) is 58.4 Å². The van der Waals surface area contributed by atoms with Gasteiger partial charge in [0.1, 0.15) is 5.75 Å². The maximum Gasteiger partial charge on any atom is 0.317 e. The molecule has 1 heterocycles. The Morgan fingerprint density at radius 3 is 2.30 bits per heavy atom. The Kier molecular flexibility index (Phi) is 7.54. The summed E-state index contributed by atoms with van der Waals surface area (Å²) in [4.78, 5) is 30.5. The molecule has 0 aliphatic carbocycles. The molecule has 2 aromatic rings. The van der Waals surface area contributed by atoms with E-state index in [0.29, 0.717) is 32.6 Å². The molecular weight excluding hydrogens is 380 g/mol. The van der Waals surface area contributed by atoms with Crippen molar-refractivity contribution in [1.29, 1.82) is 0 Å². The van der Waals surface area contributed by atoms with E-state index >= 15 is 0 Å². The molecule has 7 nitrogen and oxygen atoms in total. The van der Waals surface area contributed by atoms with E-state index in [1.165, 1.54) is 0 Å². The third-order valence-corrected chi connectivity index (χ3v) is 5.29. The fraction of sp³-hybridized carbons (Fsp3) is 0.391. The Bertz CT molecular complexity index is 818. The molecule has 7 heteroatoms. The Labute approximate surface area is 178 Å². The fourth-order valence-corrected chi connectivity index (χ4v) is 3.51. The van der Waals surface area contributed by atoms with Crippen LogP contribution in [0.1, 0.15) is 12.0 Å². The van der Waals surface area contributed by atoms with Crippen LogP contribution in [0.2, 0.25) is 0 Å². The molecule has 1 N–H and O–H groups in total. The molecule has 0 atom stereocenters. The summed E-state index contributed by atoms with van der Waals surface area (Å²) in [7, 11) is 3.41. The molecule has 1 saturated heterocycles. The van der Waals surface area contributed by atoms with Crippen LogP contribution >= 0.6 is 0 Å². The number of ether oxygens (including phenoxy) is 1. The minimum Gasteiger partial charge on any atom is -0.497 e. The molecule has 30 heavy (non-hydrogen) atoms. The number of rotatable bonds is 7. The van der Waals surface area contributed by atoms with Gasteiger partial charge in [-0.1, -0.05) is 30.3 Å². The number of carbonyl (C=O) groups is 2. The number of benzene rings is 2. The van der Waals surface area contributed by atoms with Gasteiger partial charge in [0.25, 0.3) is 0 Å². The highest BCUT2D eigenvalue weighted by Gasteiger charge is 2.21. The van der Waals surface area contributed by atoms with Crippen LogP contribution in [0.25, 0.3) is 0 Å². The first-order valence-corrected chi connectivity index (χ1v) is 10.3. The lowest BCUT2D eigenvalue weighted by Gasteiger charge is -2.36. The Morgan fingerprint density at radius 2 is 1.67 bits per heavy atom. The smallest absolute Gasteiger partial charge is 0.317 e. The van der Waals surface area contributed by atoms with Crippen molar-refractivity contribution >= 4 is 17.6 Å². The zero-order valence-electron chi connectivity index (χ0n) is 17.7. The van der Waals surface area contributed by atoms with Crippen LogP contribution in [0.5, 0.6) is 5.75 Å². The van der Waals surface area contributed by atoms with Crippen LogP contribution in [-0.4, -0.2) is 68.6 Å². The molecule has 160 valence electrons. The van der Waals surface area contributed by atoms with E-state index in [0.717, 1.165) is 30.1 Å². The Balaban J connectivity index is 1.36. The maximum atomic E-state index is 12.5. The van der Waals surface area contributed by atoms with Crippen molar-refractivity contribution in [3.63, 3.8) is 0 Å². The second kappa shape index (κ2) is 10.5. The molecule has 3 amide bonds. The van der Waals surface area contributed by atoms with E-state index < -0.39 is 0 Å². The van der Waals surface area contributed by atoms with E-state index in [1.54, 1.807) is 19.1 Å². The zero-order valence-corrected chi connectivity index (χ0v) is 17.7. The first-order chi connectivity index (χ1) is 14.6. The van der Waals surface area contributed by atoms with Gasteiger partial charge >= 0.3 is 6.03 Å². The Hall–Kier alpha value is -3.22. The summed E-state index contributed by atoms with van der Waals surface area (Å²) >= 11 is 0. The van der Waals surface area contributed by atoms with Crippen LogP contribution in [0.3, 0.4) is 0 Å². The lowest BCUT2D eigenvalue weighted by Crippen LogP contribution is -2.49. The van der Waals surface area contributed by atoms with Crippen molar-refractivity contribution < 1.29 is 14.3 Å². The molecule has 0 radical (unpaired) electrons. The lowest BCUT2D eigenvalue weighted by atomic mass is 10.2. The average molecular weight is 411 g/mol. The first-order valence-electron chi connectivity index (χ1n) is 10.3. The molecule has 0 spiro atoms. The molecule has 2 aromatic carbocycles. The lowest BCUT2D eigenvalue weighted by molar-refractivity contribution is -0.131. The summed E-state index contributed by atoms with van der Waals surface area (Å²) in [6, 6.07) is 17.6. The number of hydrogen-bond donors (Lipinski definition) is 1. The third kappa shape index (κ3) is 5.89. The standard InChI is InChI=1S/C23H30N4O3/c1-25(18-19-6-4-3-5-7-19)23(29)24-13-12-22(28)27-16-14-26(15-17-27)20-8-10-21(30-2)11-9-20/h3-11H,12-18H2,1-2H3,(H,24,29). The monoisotopic (exact) mass is 410 g/mol. The van der Waals surface area contributed by atoms with Gasteiger partial charge in [-0.2, -0.15) is 0 Å². The summed E-state index contributed by atoms with van der Waals surface area (Å²) in [5.41, 5.74) is 2.21. The highest BCUT2D eigenvalue weighted by molar-refractivity contribution is 5.78. The SMILES string of the molecule is COc1ccc(N2CCN(C(=O)CCNC(=O)N(C)Cc3ccccc3)CC2)cc1. The van der Waals surface area contributed by atoms with Crippen molar-refractivity contribution in [3.05, 3.63) is 60.2 Å². The maximum absolute atomic E-state index is 12.5. The predicted molar refractivity (Wildman–Crippen MR) is 118 cm³/mol. The van der Waals surface area contributed by atoms with Crippen LogP contribution in [0, 0.1) is 0 Å². The summed E-state index contributed by atoms with van der Waals surface area (Å²) in [6.07, 6.45) is 0.313. The van der Waals surface area contributed by atoms with Crippen molar-refractivity contribution in [1.82, 2.24) is 15.1 Å². The average Bonchev–Trinajstić information content (AvgIpc) is 2.79. The normalized spacial score (nSPS) is 13.7. The summed E-state index contributed by atoms with van der Waals surface area (Å²) in [5, 5.41) is 2.84. The number of amides is 3. The molecule has 0 unspecified atom stereocenters. The topological polar surface area (TPSA) is 65.1 Å². The van der Waals surface area contributed by atoms with E-state index in [2.05, 4.69) is 10.2 Å². The van der Waals surface area contributed by atoms with Gasteiger partial charge in [-0.15, -0.1) is 0 Å². The highest BCUT2D eigenvalue weighted by Crippen LogP contribution is 2.20. The summed E-state index contributed by atoms with van der Waals surface area (Å²) in [6.45, 7) is 3.84.